The van der Waals surface area contributed by atoms with Gasteiger partial charge in [-0.15, -0.1) is 11.6 Å². The molecule has 0 bridgehead atoms. The topological polar surface area (TPSA) is 59.0 Å². The number of carbonyl (C=O) groups excluding carboxylic acids is 1. The highest BCUT2D eigenvalue weighted by molar-refractivity contribution is 6.29. The van der Waals surface area contributed by atoms with E-state index in [1.54, 1.807) is 37.5 Å². The average molecular weight is 345 g/mol. The van der Waals surface area contributed by atoms with Gasteiger partial charge in [-0.1, -0.05) is 12.1 Å². The van der Waals surface area contributed by atoms with Crippen molar-refractivity contribution < 1.29 is 9.18 Å². The summed E-state index contributed by atoms with van der Waals surface area (Å²) < 4.78 is 14.1. The first kappa shape index (κ1) is 16.3. The molecule has 2 aromatic heterocycles. The molecule has 0 aliphatic carbocycles. The Morgan fingerprint density at radius 3 is 2.83 bits per heavy atom. The van der Waals surface area contributed by atoms with E-state index in [2.05, 4.69) is 15.0 Å². The Morgan fingerprint density at radius 1 is 1.25 bits per heavy atom. The van der Waals surface area contributed by atoms with Gasteiger partial charge >= 0.3 is 0 Å². The van der Waals surface area contributed by atoms with E-state index in [9.17, 15) is 9.18 Å². The van der Waals surface area contributed by atoms with E-state index in [0.29, 0.717) is 11.2 Å². The fourth-order valence-electron chi connectivity index (χ4n) is 2.35. The Morgan fingerprint density at radius 2 is 2.08 bits per heavy atom. The van der Waals surface area contributed by atoms with Gasteiger partial charge in [-0.2, -0.15) is 4.98 Å². The summed E-state index contributed by atoms with van der Waals surface area (Å²) in [6.45, 7) is 1.78. The highest BCUT2D eigenvalue weighted by Crippen LogP contribution is 2.20. The molecule has 0 saturated heterocycles. The zero-order chi connectivity index (χ0) is 17.1. The van der Waals surface area contributed by atoms with Crippen LogP contribution in [0.1, 0.15) is 11.1 Å². The highest BCUT2D eigenvalue weighted by Gasteiger charge is 2.21. The Kier molecular flexibility index (Phi) is 4.66. The molecular weight excluding hydrogens is 331 g/mol. The number of aromatic nitrogens is 3. The molecule has 0 unspecified atom stereocenters. The molecule has 122 valence electrons. The molecule has 0 spiro atoms. The van der Waals surface area contributed by atoms with Crippen LogP contribution in [0.5, 0.6) is 0 Å². The lowest BCUT2D eigenvalue weighted by molar-refractivity contribution is -0.116. The lowest BCUT2D eigenvalue weighted by Gasteiger charge is -2.21. The SMILES string of the molecule is Cc1cccc(F)c1CN(C(=O)CCl)c1ncc2cccnc2n1. The van der Waals surface area contributed by atoms with Crippen LogP contribution in [0.2, 0.25) is 0 Å². The number of nitrogens with zero attached hydrogens (tertiary/aromatic N) is 4. The van der Waals surface area contributed by atoms with Crippen molar-refractivity contribution in [3.63, 3.8) is 0 Å². The molecule has 0 fully saturated rings. The second-order valence-corrected chi connectivity index (χ2v) is 5.50. The third-order valence-electron chi connectivity index (χ3n) is 3.67. The molecule has 5 nitrogen and oxygen atoms in total. The molecule has 1 amide bonds. The fourth-order valence-corrected chi connectivity index (χ4v) is 2.50. The van der Waals surface area contributed by atoms with Crippen LogP contribution in [-0.2, 0) is 11.3 Å². The van der Waals surface area contributed by atoms with Gasteiger partial charge in [0.2, 0.25) is 11.9 Å². The van der Waals surface area contributed by atoms with Crippen molar-refractivity contribution in [2.24, 2.45) is 0 Å². The van der Waals surface area contributed by atoms with Crippen LogP contribution in [-0.4, -0.2) is 26.7 Å². The van der Waals surface area contributed by atoms with Crippen LogP contribution >= 0.6 is 11.6 Å². The van der Waals surface area contributed by atoms with Crippen LogP contribution in [0.15, 0.2) is 42.7 Å². The minimum Gasteiger partial charge on any atom is -0.275 e. The van der Waals surface area contributed by atoms with Gasteiger partial charge in [0, 0.05) is 23.3 Å². The molecule has 0 atom stereocenters. The number of amides is 1. The molecule has 0 N–H and O–H groups in total. The highest BCUT2D eigenvalue weighted by atomic mass is 35.5. The number of rotatable bonds is 4. The van der Waals surface area contributed by atoms with Crippen LogP contribution in [0.3, 0.4) is 0 Å². The maximum Gasteiger partial charge on any atom is 0.244 e. The van der Waals surface area contributed by atoms with Gasteiger partial charge in [-0.05, 0) is 30.7 Å². The number of alkyl halides is 1. The number of carbonyl (C=O) groups is 1. The van der Waals surface area contributed by atoms with E-state index in [-0.39, 0.29) is 24.2 Å². The predicted octanol–water partition coefficient (Wildman–Crippen LogP) is 3.24. The summed E-state index contributed by atoms with van der Waals surface area (Å²) in [4.78, 5) is 26.2. The van der Waals surface area contributed by atoms with Crippen molar-refractivity contribution in [2.45, 2.75) is 13.5 Å². The predicted molar refractivity (Wildman–Crippen MR) is 90.4 cm³/mol. The lowest BCUT2D eigenvalue weighted by atomic mass is 10.1. The number of pyridine rings is 1. The molecule has 0 radical (unpaired) electrons. The maximum absolute atomic E-state index is 14.1. The quantitative estimate of drug-likeness (QED) is 0.682. The standard InChI is InChI=1S/C17H14ClFN4O/c1-11-4-2-6-14(19)13(11)10-23(15(24)8-18)17-21-9-12-5-3-7-20-16(12)22-17/h2-7,9H,8,10H2,1H3. The van der Waals surface area contributed by atoms with E-state index in [1.165, 1.54) is 11.0 Å². The smallest absolute Gasteiger partial charge is 0.244 e. The largest absolute Gasteiger partial charge is 0.275 e. The van der Waals surface area contributed by atoms with Crippen molar-refractivity contribution in [3.8, 4) is 0 Å². The summed E-state index contributed by atoms with van der Waals surface area (Å²) in [6.07, 6.45) is 3.18. The number of halogens is 2. The number of fused-ring (bicyclic) bond motifs is 1. The van der Waals surface area contributed by atoms with Gasteiger partial charge in [0.1, 0.15) is 11.7 Å². The van der Waals surface area contributed by atoms with E-state index in [4.69, 9.17) is 11.6 Å². The van der Waals surface area contributed by atoms with Gasteiger partial charge < -0.3 is 0 Å². The maximum atomic E-state index is 14.1. The zero-order valence-corrected chi connectivity index (χ0v) is 13.7. The Balaban J connectivity index is 2.04. The minimum absolute atomic E-state index is 0.00238. The van der Waals surface area contributed by atoms with Crippen LogP contribution in [0, 0.1) is 12.7 Å². The summed E-state index contributed by atoms with van der Waals surface area (Å²) in [7, 11) is 0. The third kappa shape index (κ3) is 3.19. The van der Waals surface area contributed by atoms with E-state index in [0.717, 1.165) is 10.9 Å². The number of aryl methyl sites for hydroxylation is 1. The van der Waals surface area contributed by atoms with Crippen LogP contribution in [0.4, 0.5) is 10.3 Å². The second kappa shape index (κ2) is 6.88. The van der Waals surface area contributed by atoms with Crippen molar-refractivity contribution in [1.29, 1.82) is 0 Å². The van der Waals surface area contributed by atoms with E-state index >= 15 is 0 Å². The van der Waals surface area contributed by atoms with Gasteiger partial charge in [-0.3, -0.25) is 9.69 Å². The minimum atomic E-state index is -0.408. The van der Waals surface area contributed by atoms with Crippen molar-refractivity contribution >= 4 is 34.5 Å². The molecule has 7 heteroatoms. The Labute approximate surface area is 143 Å². The summed E-state index contributed by atoms with van der Waals surface area (Å²) in [5.74, 6) is -0.901. The monoisotopic (exact) mass is 344 g/mol. The van der Waals surface area contributed by atoms with Crippen LogP contribution < -0.4 is 4.90 Å². The molecule has 0 aliphatic heterocycles. The lowest BCUT2D eigenvalue weighted by Crippen LogP contribution is -2.33. The molecule has 3 aromatic rings. The molecule has 0 saturated carbocycles. The first-order valence-electron chi connectivity index (χ1n) is 7.28. The molecular formula is C17H14ClFN4O. The zero-order valence-electron chi connectivity index (χ0n) is 12.9. The number of benzene rings is 1. The average Bonchev–Trinajstić information content (AvgIpc) is 2.60. The Bertz CT molecular complexity index is 882. The van der Waals surface area contributed by atoms with E-state index < -0.39 is 5.91 Å². The van der Waals surface area contributed by atoms with Gasteiger partial charge in [0.15, 0.2) is 5.65 Å². The molecule has 0 aliphatic rings. The van der Waals surface area contributed by atoms with Crippen molar-refractivity contribution in [3.05, 3.63) is 59.7 Å². The third-order valence-corrected chi connectivity index (χ3v) is 3.90. The molecule has 24 heavy (non-hydrogen) atoms. The van der Waals surface area contributed by atoms with Gasteiger partial charge in [-0.25, -0.2) is 14.4 Å². The van der Waals surface area contributed by atoms with E-state index in [1.807, 2.05) is 6.07 Å². The first-order valence-corrected chi connectivity index (χ1v) is 7.81. The number of hydrogen-bond donors (Lipinski definition) is 0. The first-order chi connectivity index (χ1) is 11.6. The summed E-state index contributed by atoms with van der Waals surface area (Å²) >= 11 is 5.70. The molecule has 2 heterocycles. The fraction of sp³-hybridized carbons (Fsp3) is 0.176. The van der Waals surface area contributed by atoms with Crippen molar-refractivity contribution in [2.75, 3.05) is 10.8 Å². The number of anilines is 1. The normalized spacial score (nSPS) is 10.8. The molecule has 3 rings (SSSR count). The van der Waals surface area contributed by atoms with Crippen LogP contribution in [0.25, 0.3) is 11.0 Å². The molecule has 1 aromatic carbocycles. The second-order valence-electron chi connectivity index (χ2n) is 5.24. The summed E-state index contributed by atoms with van der Waals surface area (Å²) in [5.41, 5.74) is 1.60. The summed E-state index contributed by atoms with van der Waals surface area (Å²) in [6, 6.07) is 8.36. The van der Waals surface area contributed by atoms with Gasteiger partial charge in [0.25, 0.3) is 0 Å². The van der Waals surface area contributed by atoms with Gasteiger partial charge in [0.05, 0.1) is 6.54 Å². The Hall–Kier alpha value is -2.60. The summed E-state index contributed by atoms with van der Waals surface area (Å²) in [5, 5.41) is 0.751. The number of hydrogen-bond acceptors (Lipinski definition) is 4. The van der Waals surface area contributed by atoms with Crippen molar-refractivity contribution in [1.82, 2.24) is 15.0 Å².